The highest BCUT2D eigenvalue weighted by Crippen LogP contribution is 2.15. The van der Waals surface area contributed by atoms with Crippen molar-refractivity contribution in [3.8, 4) is 0 Å². The molecule has 0 heterocycles. The molecule has 1 rings (SSSR count). The van der Waals surface area contributed by atoms with Crippen LogP contribution in [0.2, 0.25) is 0 Å². The molecule has 6 nitrogen and oxygen atoms in total. The van der Waals surface area contributed by atoms with Gasteiger partial charge in [0.25, 0.3) is 0 Å². The Hall–Kier alpha value is -1.44. The number of nitrogens with two attached hydrogens (primary N) is 1. The second kappa shape index (κ2) is 11.2. The number of halogens is 1. The summed E-state index contributed by atoms with van der Waals surface area (Å²) in [4.78, 5) is 23.3. The van der Waals surface area contributed by atoms with E-state index in [4.69, 9.17) is 5.73 Å². The highest BCUT2D eigenvalue weighted by atomic mass is 35.5. The first-order valence-electron chi connectivity index (χ1n) is 6.77. The summed E-state index contributed by atoms with van der Waals surface area (Å²) in [5.41, 5.74) is 7.02. The van der Waals surface area contributed by atoms with Crippen LogP contribution in [0.25, 0.3) is 0 Å². The fraction of sp³-hybridized carbons (Fsp3) is 0.429. The largest absolute Gasteiger partial charge is 0.338 e. The van der Waals surface area contributed by atoms with E-state index in [-0.39, 0.29) is 24.3 Å². The van der Waals surface area contributed by atoms with Gasteiger partial charge in [0.05, 0.1) is 6.04 Å². The van der Waals surface area contributed by atoms with Crippen molar-refractivity contribution in [2.75, 3.05) is 29.2 Å². The lowest BCUT2D eigenvalue weighted by molar-refractivity contribution is -0.117. The molecule has 1 atom stereocenters. The lowest BCUT2D eigenvalue weighted by Crippen LogP contribution is -2.36. The molecule has 1 aromatic carbocycles. The molecule has 0 radical (unpaired) electrons. The Kier molecular flexibility index (Phi) is 10.4. The summed E-state index contributed by atoms with van der Waals surface area (Å²) in [5, 5.41) is 8.07. The lowest BCUT2D eigenvalue weighted by Gasteiger charge is -2.13. The van der Waals surface area contributed by atoms with Crippen LogP contribution in [0.4, 0.5) is 16.2 Å². The maximum absolute atomic E-state index is 11.9. The van der Waals surface area contributed by atoms with Crippen molar-refractivity contribution >= 4 is 47.5 Å². The molecule has 0 saturated heterocycles. The number of carbonyl (C=O) groups is 2. The van der Waals surface area contributed by atoms with Gasteiger partial charge in [-0.2, -0.15) is 11.8 Å². The standard InChI is InChI=1S/C14H22N4O2S.ClH/c1-3-16-14(20)18-11-6-4-5-10(9-11)17-13(19)12(15)7-8-21-2;/h4-6,9,12H,3,7-8,15H2,1-2H3,(H,17,19)(H2,16,18,20);1H/t12-;/m0./s1. The van der Waals surface area contributed by atoms with E-state index in [0.29, 0.717) is 24.3 Å². The number of thioether (sulfide) groups is 1. The number of carbonyl (C=O) groups excluding carboxylic acids is 2. The highest BCUT2D eigenvalue weighted by molar-refractivity contribution is 7.98. The van der Waals surface area contributed by atoms with E-state index in [9.17, 15) is 9.59 Å². The molecular weight excluding hydrogens is 324 g/mol. The first-order chi connectivity index (χ1) is 10.1. The van der Waals surface area contributed by atoms with Crippen molar-refractivity contribution in [1.29, 1.82) is 0 Å². The van der Waals surface area contributed by atoms with Gasteiger partial charge in [-0.3, -0.25) is 4.79 Å². The van der Waals surface area contributed by atoms with Gasteiger partial charge < -0.3 is 21.7 Å². The third-order valence-electron chi connectivity index (χ3n) is 2.70. The third kappa shape index (κ3) is 7.53. The Morgan fingerprint density at radius 3 is 2.50 bits per heavy atom. The first-order valence-corrected chi connectivity index (χ1v) is 8.16. The molecule has 8 heteroatoms. The molecular formula is C14H23ClN4O2S. The van der Waals surface area contributed by atoms with E-state index in [0.717, 1.165) is 5.75 Å². The summed E-state index contributed by atoms with van der Waals surface area (Å²) in [5.74, 6) is 0.618. The number of urea groups is 1. The van der Waals surface area contributed by atoms with Crippen LogP contribution in [0, 0.1) is 0 Å². The molecule has 0 aliphatic heterocycles. The van der Waals surface area contributed by atoms with E-state index in [1.165, 1.54) is 0 Å². The molecule has 0 aliphatic carbocycles. The smallest absolute Gasteiger partial charge is 0.319 e. The summed E-state index contributed by atoms with van der Waals surface area (Å²) >= 11 is 1.65. The van der Waals surface area contributed by atoms with Crippen molar-refractivity contribution < 1.29 is 9.59 Å². The van der Waals surface area contributed by atoms with Crippen molar-refractivity contribution in [3.05, 3.63) is 24.3 Å². The van der Waals surface area contributed by atoms with Crippen molar-refractivity contribution in [2.45, 2.75) is 19.4 Å². The van der Waals surface area contributed by atoms with Gasteiger partial charge in [-0.25, -0.2) is 4.79 Å². The van der Waals surface area contributed by atoms with Crippen LogP contribution in [0.5, 0.6) is 0 Å². The van der Waals surface area contributed by atoms with Crippen LogP contribution in [-0.4, -0.2) is 36.5 Å². The molecule has 22 heavy (non-hydrogen) atoms. The minimum Gasteiger partial charge on any atom is -0.338 e. The predicted molar refractivity (Wildman–Crippen MR) is 96.0 cm³/mol. The van der Waals surface area contributed by atoms with Crippen molar-refractivity contribution in [2.24, 2.45) is 5.73 Å². The maximum Gasteiger partial charge on any atom is 0.319 e. The van der Waals surface area contributed by atoms with E-state index >= 15 is 0 Å². The molecule has 0 fully saturated rings. The second-order valence-electron chi connectivity index (χ2n) is 4.44. The number of rotatable bonds is 7. The SMILES string of the molecule is CCNC(=O)Nc1cccc(NC(=O)[C@@H](N)CCSC)c1.Cl. The Labute approximate surface area is 141 Å². The topological polar surface area (TPSA) is 96.2 Å². The van der Waals surface area contributed by atoms with E-state index < -0.39 is 6.04 Å². The molecule has 5 N–H and O–H groups in total. The summed E-state index contributed by atoms with van der Waals surface area (Å²) in [6.45, 7) is 2.39. The van der Waals surface area contributed by atoms with Gasteiger partial charge in [0.1, 0.15) is 0 Å². The van der Waals surface area contributed by atoms with Crippen LogP contribution in [-0.2, 0) is 4.79 Å². The summed E-state index contributed by atoms with van der Waals surface area (Å²) in [7, 11) is 0. The van der Waals surface area contributed by atoms with Gasteiger partial charge in [-0.15, -0.1) is 12.4 Å². The zero-order valence-corrected chi connectivity index (χ0v) is 14.4. The fourth-order valence-corrected chi connectivity index (χ4v) is 2.11. The zero-order valence-electron chi connectivity index (χ0n) is 12.7. The van der Waals surface area contributed by atoms with E-state index in [1.807, 2.05) is 13.2 Å². The first kappa shape index (κ1) is 20.6. The zero-order chi connectivity index (χ0) is 15.7. The highest BCUT2D eigenvalue weighted by Gasteiger charge is 2.13. The molecule has 1 aromatic rings. The molecule has 0 aliphatic rings. The minimum absolute atomic E-state index is 0. The van der Waals surface area contributed by atoms with Crippen LogP contribution in [0.15, 0.2) is 24.3 Å². The van der Waals surface area contributed by atoms with Gasteiger partial charge in [0.15, 0.2) is 0 Å². The van der Waals surface area contributed by atoms with Crippen LogP contribution in [0.1, 0.15) is 13.3 Å². The molecule has 0 unspecified atom stereocenters. The van der Waals surface area contributed by atoms with Crippen LogP contribution < -0.4 is 21.7 Å². The van der Waals surface area contributed by atoms with E-state index in [1.54, 1.807) is 36.0 Å². The Morgan fingerprint density at radius 2 is 1.91 bits per heavy atom. The summed E-state index contributed by atoms with van der Waals surface area (Å²) in [6.07, 6.45) is 2.60. The maximum atomic E-state index is 11.9. The average Bonchev–Trinajstić information content (AvgIpc) is 2.45. The van der Waals surface area contributed by atoms with Gasteiger partial charge in [-0.05, 0) is 43.6 Å². The molecule has 0 saturated carbocycles. The Morgan fingerprint density at radius 1 is 1.27 bits per heavy atom. The van der Waals surface area contributed by atoms with E-state index in [2.05, 4.69) is 16.0 Å². The summed E-state index contributed by atoms with van der Waals surface area (Å²) in [6, 6.07) is 6.13. The monoisotopic (exact) mass is 346 g/mol. The fourth-order valence-electron chi connectivity index (χ4n) is 1.62. The molecule has 3 amide bonds. The van der Waals surface area contributed by atoms with Crippen molar-refractivity contribution in [3.63, 3.8) is 0 Å². The molecule has 0 aromatic heterocycles. The normalized spacial score (nSPS) is 11.0. The number of hydrogen-bond donors (Lipinski definition) is 4. The van der Waals surface area contributed by atoms with Gasteiger partial charge in [-0.1, -0.05) is 6.07 Å². The van der Waals surface area contributed by atoms with Gasteiger partial charge in [0, 0.05) is 17.9 Å². The number of amides is 3. The average molecular weight is 347 g/mol. The van der Waals surface area contributed by atoms with Crippen LogP contribution in [0.3, 0.4) is 0 Å². The lowest BCUT2D eigenvalue weighted by atomic mass is 10.2. The third-order valence-corrected chi connectivity index (χ3v) is 3.34. The number of hydrogen-bond acceptors (Lipinski definition) is 4. The van der Waals surface area contributed by atoms with Crippen molar-refractivity contribution in [1.82, 2.24) is 5.32 Å². The molecule has 0 spiro atoms. The second-order valence-corrected chi connectivity index (χ2v) is 5.43. The molecule has 124 valence electrons. The molecule has 0 bridgehead atoms. The minimum atomic E-state index is -0.530. The summed E-state index contributed by atoms with van der Waals surface area (Å²) < 4.78 is 0. The Balaban J connectivity index is 0.00000441. The number of nitrogens with one attached hydrogen (secondary N) is 3. The number of anilines is 2. The number of benzene rings is 1. The van der Waals surface area contributed by atoms with Crippen LogP contribution >= 0.6 is 24.2 Å². The van der Waals surface area contributed by atoms with Gasteiger partial charge >= 0.3 is 6.03 Å². The Bertz CT molecular complexity index is 488. The quantitative estimate of drug-likeness (QED) is 0.609. The van der Waals surface area contributed by atoms with Gasteiger partial charge in [0.2, 0.25) is 5.91 Å². The predicted octanol–water partition coefficient (Wildman–Crippen LogP) is 2.27.